The van der Waals surface area contributed by atoms with Gasteiger partial charge in [0.25, 0.3) is 0 Å². The lowest BCUT2D eigenvalue weighted by Gasteiger charge is -2.31. The molecule has 2 N–H and O–H groups in total. The van der Waals surface area contributed by atoms with Crippen LogP contribution in [-0.4, -0.2) is 43.2 Å². The number of carbonyl (C=O) groups excluding carboxylic acids is 1. The van der Waals surface area contributed by atoms with Crippen LogP contribution < -0.4 is 5.73 Å². The number of nitrogens with zero attached hydrogens (tertiary/aromatic N) is 1. The van der Waals surface area contributed by atoms with Crippen LogP contribution in [0.1, 0.15) is 0 Å². The number of hydrogen-bond acceptors (Lipinski definition) is 3. The molecule has 1 saturated heterocycles. The molecule has 4 heteroatoms. The van der Waals surface area contributed by atoms with Gasteiger partial charge in [0.1, 0.15) is 6.61 Å². The van der Waals surface area contributed by atoms with Crippen LogP contribution in [0.25, 0.3) is 0 Å². The van der Waals surface area contributed by atoms with Gasteiger partial charge in [0, 0.05) is 19.6 Å². The first-order chi connectivity index (χ1) is 5.77. The smallest absolute Gasteiger partial charge is 0.248 e. The minimum absolute atomic E-state index is 0.0114. The molecular formula is C8H14N2O2. The van der Waals surface area contributed by atoms with Crippen molar-refractivity contribution < 1.29 is 9.53 Å². The third kappa shape index (κ3) is 2.06. The summed E-state index contributed by atoms with van der Waals surface area (Å²) in [4.78, 5) is 12.9. The quantitative estimate of drug-likeness (QED) is 0.573. The monoisotopic (exact) mass is 170 g/mol. The Hall–Kier alpha value is -0.870. The molecule has 1 fully saturated rings. The SMILES string of the molecule is C=CCN1CC(CN)OCC1=O. The van der Waals surface area contributed by atoms with Crippen molar-refractivity contribution in [2.45, 2.75) is 6.10 Å². The van der Waals surface area contributed by atoms with Crippen molar-refractivity contribution in [2.24, 2.45) is 5.73 Å². The van der Waals surface area contributed by atoms with Gasteiger partial charge < -0.3 is 15.4 Å². The summed E-state index contributed by atoms with van der Waals surface area (Å²) >= 11 is 0. The number of amides is 1. The Bertz CT molecular complexity index is 182. The molecule has 1 aliphatic rings. The lowest BCUT2D eigenvalue weighted by Crippen LogP contribution is -2.49. The maximum Gasteiger partial charge on any atom is 0.248 e. The molecule has 0 aromatic heterocycles. The summed E-state index contributed by atoms with van der Waals surface area (Å²) in [6, 6.07) is 0. The molecule has 1 atom stereocenters. The number of rotatable bonds is 3. The van der Waals surface area contributed by atoms with Crippen molar-refractivity contribution in [3.63, 3.8) is 0 Å². The van der Waals surface area contributed by atoms with Gasteiger partial charge in [-0.15, -0.1) is 6.58 Å². The molecule has 0 aliphatic carbocycles. The molecule has 4 nitrogen and oxygen atoms in total. The molecule has 0 aromatic rings. The van der Waals surface area contributed by atoms with E-state index in [1.165, 1.54) is 0 Å². The fourth-order valence-corrected chi connectivity index (χ4v) is 1.16. The Morgan fingerprint density at radius 3 is 3.17 bits per heavy atom. The molecule has 0 spiro atoms. The Morgan fingerprint density at radius 1 is 1.83 bits per heavy atom. The van der Waals surface area contributed by atoms with Crippen molar-refractivity contribution in [1.82, 2.24) is 4.90 Å². The van der Waals surface area contributed by atoms with Gasteiger partial charge in [0.05, 0.1) is 6.10 Å². The second-order valence-electron chi connectivity index (χ2n) is 2.76. The number of hydrogen-bond donors (Lipinski definition) is 1. The van der Waals surface area contributed by atoms with Crippen molar-refractivity contribution in [2.75, 3.05) is 26.2 Å². The highest BCUT2D eigenvalue weighted by Crippen LogP contribution is 2.04. The fraction of sp³-hybridized carbons (Fsp3) is 0.625. The van der Waals surface area contributed by atoms with Crippen LogP contribution in [0.4, 0.5) is 0 Å². The van der Waals surface area contributed by atoms with Crippen LogP contribution in [-0.2, 0) is 9.53 Å². The number of morpholine rings is 1. The van der Waals surface area contributed by atoms with Crippen LogP contribution in [0, 0.1) is 0 Å². The predicted molar refractivity (Wildman–Crippen MR) is 45.6 cm³/mol. The van der Waals surface area contributed by atoms with Gasteiger partial charge in [0.15, 0.2) is 0 Å². The first kappa shape index (κ1) is 9.22. The van der Waals surface area contributed by atoms with E-state index < -0.39 is 0 Å². The molecule has 1 heterocycles. The third-order valence-corrected chi connectivity index (χ3v) is 1.83. The standard InChI is InChI=1S/C8H14N2O2/c1-2-3-10-5-7(4-9)12-6-8(10)11/h2,7H,1,3-6,9H2. The Balaban J connectivity index is 2.46. The minimum Gasteiger partial charge on any atom is -0.365 e. The number of carbonyl (C=O) groups is 1. The van der Waals surface area contributed by atoms with Crippen LogP contribution in [0.5, 0.6) is 0 Å². The Kier molecular flexibility index (Phi) is 3.25. The molecule has 1 aliphatic heterocycles. The van der Waals surface area contributed by atoms with Gasteiger partial charge in [-0.3, -0.25) is 4.79 Å². The van der Waals surface area contributed by atoms with E-state index in [1.54, 1.807) is 11.0 Å². The zero-order valence-corrected chi connectivity index (χ0v) is 7.03. The highest BCUT2D eigenvalue weighted by Gasteiger charge is 2.23. The molecule has 0 radical (unpaired) electrons. The molecule has 0 bridgehead atoms. The van der Waals surface area contributed by atoms with Crippen molar-refractivity contribution >= 4 is 5.91 Å². The second kappa shape index (κ2) is 4.23. The van der Waals surface area contributed by atoms with Gasteiger partial charge in [-0.05, 0) is 0 Å². The average Bonchev–Trinajstić information content (AvgIpc) is 2.09. The van der Waals surface area contributed by atoms with Crippen LogP contribution in [0.2, 0.25) is 0 Å². The van der Waals surface area contributed by atoms with Gasteiger partial charge >= 0.3 is 0 Å². The summed E-state index contributed by atoms with van der Waals surface area (Å²) in [6.07, 6.45) is 1.69. The van der Waals surface area contributed by atoms with Gasteiger partial charge in [-0.1, -0.05) is 6.08 Å². The third-order valence-electron chi connectivity index (χ3n) is 1.83. The largest absolute Gasteiger partial charge is 0.365 e. The molecular weight excluding hydrogens is 156 g/mol. The first-order valence-corrected chi connectivity index (χ1v) is 3.98. The summed E-state index contributed by atoms with van der Waals surface area (Å²) in [5.41, 5.74) is 5.42. The van der Waals surface area contributed by atoms with Crippen LogP contribution >= 0.6 is 0 Å². The summed E-state index contributed by atoms with van der Waals surface area (Å²) < 4.78 is 5.17. The van der Waals surface area contributed by atoms with E-state index in [1.807, 2.05) is 0 Å². The van der Waals surface area contributed by atoms with Gasteiger partial charge in [-0.25, -0.2) is 0 Å². The summed E-state index contributed by atoms with van der Waals surface area (Å²) in [6.45, 7) is 5.35. The molecule has 1 rings (SSSR count). The van der Waals surface area contributed by atoms with E-state index >= 15 is 0 Å². The molecule has 1 unspecified atom stereocenters. The average molecular weight is 170 g/mol. The van der Waals surface area contributed by atoms with E-state index in [2.05, 4.69) is 6.58 Å². The van der Waals surface area contributed by atoms with E-state index in [0.717, 1.165) is 0 Å². The molecule has 0 aromatic carbocycles. The first-order valence-electron chi connectivity index (χ1n) is 3.98. The highest BCUT2D eigenvalue weighted by molar-refractivity contribution is 5.78. The van der Waals surface area contributed by atoms with Crippen LogP contribution in [0.15, 0.2) is 12.7 Å². The maximum absolute atomic E-state index is 11.2. The van der Waals surface area contributed by atoms with E-state index in [4.69, 9.17) is 10.5 Å². The molecule has 1 amide bonds. The van der Waals surface area contributed by atoms with E-state index in [-0.39, 0.29) is 18.6 Å². The van der Waals surface area contributed by atoms with Crippen LogP contribution in [0.3, 0.4) is 0 Å². The van der Waals surface area contributed by atoms with E-state index in [0.29, 0.717) is 19.6 Å². The minimum atomic E-state index is -0.0114. The zero-order chi connectivity index (χ0) is 8.97. The fourth-order valence-electron chi connectivity index (χ4n) is 1.16. The summed E-state index contributed by atoms with van der Waals surface area (Å²) in [5, 5.41) is 0. The lowest BCUT2D eigenvalue weighted by atomic mass is 10.2. The van der Waals surface area contributed by atoms with E-state index in [9.17, 15) is 4.79 Å². The second-order valence-corrected chi connectivity index (χ2v) is 2.76. The number of nitrogens with two attached hydrogens (primary N) is 1. The summed E-state index contributed by atoms with van der Waals surface area (Å²) in [7, 11) is 0. The van der Waals surface area contributed by atoms with Crippen molar-refractivity contribution in [1.29, 1.82) is 0 Å². The highest BCUT2D eigenvalue weighted by atomic mass is 16.5. The Labute approximate surface area is 72.0 Å². The molecule has 0 saturated carbocycles. The van der Waals surface area contributed by atoms with Crippen molar-refractivity contribution in [3.8, 4) is 0 Å². The van der Waals surface area contributed by atoms with Gasteiger partial charge in [-0.2, -0.15) is 0 Å². The normalized spacial score (nSPS) is 24.2. The molecule has 12 heavy (non-hydrogen) atoms. The number of ether oxygens (including phenoxy) is 1. The summed E-state index contributed by atoms with van der Waals surface area (Å²) in [5.74, 6) is 0.0135. The zero-order valence-electron chi connectivity index (χ0n) is 7.03. The molecule has 68 valence electrons. The van der Waals surface area contributed by atoms with Gasteiger partial charge in [0.2, 0.25) is 5.91 Å². The topological polar surface area (TPSA) is 55.6 Å². The Morgan fingerprint density at radius 2 is 2.58 bits per heavy atom. The predicted octanol–water partition coefficient (Wildman–Crippen LogP) is -0.641. The maximum atomic E-state index is 11.2. The van der Waals surface area contributed by atoms with Crippen molar-refractivity contribution in [3.05, 3.63) is 12.7 Å². The lowest BCUT2D eigenvalue weighted by molar-refractivity contribution is -0.147.